The van der Waals surface area contributed by atoms with E-state index in [9.17, 15) is 0 Å². The number of ether oxygens (including phenoxy) is 5. The fourth-order valence-corrected chi connectivity index (χ4v) is 4.01. The second-order valence-electron chi connectivity index (χ2n) is 8.55. The van der Waals surface area contributed by atoms with Gasteiger partial charge in [0, 0.05) is 25.7 Å². The zero-order chi connectivity index (χ0) is 19.2. The van der Waals surface area contributed by atoms with Crippen molar-refractivity contribution in [2.24, 2.45) is 0 Å². The van der Waals surface area contributed by atoms with Gasteiger partial charge in [-0.2, -0.15) is 0 Å². The van der Waals surface area contributed by atoms with Gasteiger partial charge in [-0.1, -0.05) is 36.4 Å². The first-order chi connectivity index (χ1) is 14.3. The van der Waals surface area contributed by atoms with Gasteiger partial charge in [-0.25, -0.2) is 0 Å². The van der Waals surface area contributed by atoms with Crippen molar-refractivity contribution in [2.75, 3.05) is 26.4 Å². The summed E-state index contributed by atoms with van der Waals surface area (Å²) in [4.78, 5) is 0. The van der Waals surface area contributed by atoms with Crippen LogP contribution in [0.15, 0.2) is 36.4 Å². The molecule has 5 nitrogen and oxygen atoms in total. The molecule has 0 bridgehead atoms. The largest absolute Gasteiger partial charge is 0.456 e. The zero-order valence-corrected chi connectivity index (χ0v) is 16.5. The van der Waals surface area contributed by atoms with Gasteiger partial charge in [-0.3, -0.25) is 0 Å². The maximum atomic E-state index is 6.80. The summed E-state index contributed by atoms with van der Waals surface area (Å²) in [5.41, 5.74) is 4.88. The first kappa shape index (κ1) is 17.9. The Labute approximate surface area is 170 Å². The Balaban J connectivity index is 1.37. The number of hydrogen-bond donors (Lipinski definition) is 0. The third-order valence-electron chi connectivity index (χ3n) is 5.96. The molecule has 29 heavy (non-hydrogen) atoms. The molecule has 2 aromatic carbocycles. The van der Waals surface area contributed by atoms with E-state index in [1.54, 1.807) is 0 Å². The van der Waals surface area contributed by atoms with Crippen molar-refractivity contribution >= 4 is 0 Å². The summed E-state index contributed by atoms with van der Waals surface area (Å²) in [5.74, 6) is 1.97. The first-order valence-electron chi connectivity index (χ1n) is 10.7. The van der Waals surface area contributed by atoms with Gasteiger partial charge in [0.2, 0.25) is 0 Å². The molecule has 0 aromatic heterocycles. The minimum Gasteiger partial charge on any atom is -0.456 e. The molecule has 4 fully saturated rings. The molecule has 0 amide bonds. The van der Waals surface area contributed by atoms with Crippen LogP contribution in [0.25, 0.3) is 0 Å². The Morgan fingerprint density at radius 3 is 1.07 bits per heavy atom. The van der Waals surface area contributed by atoms with Crippen molar-refractivity contribution < 1.29 is 23.7 Å². The predicted molar refractivity (Wildman–Crippen MR) is 107 cm³/mol. The standard InChI is InChI=1S/C24H26O5/c1-3-15(7-19-11-25-19)23(16(4-1)8-20-12-26-20)29-24-17(9-21-13-27-21)5-2-6-18(24)10-22-14-28-22/h1-6,19-22H,7-14H2. The molecule has 4 unspecified atom stereocenters. The third kappa shape index (κ3) is 4.48. The summed E-state index contributed by atoms with van der Waals surface area (Å²) in [6.45, 7) is 3.37. The summed E-state index contributed by atoms with van der Waals surface area (Å²) in [6.07, 6.45) is 4.84. The van der Waals surface area contributed by atoms with Crippen LogP contribution in [0.5, 0.6) is 11.5 Å². The van der Waals surface area contributed by atoms with E-state index in [1.807, 2.05) is 0 Å². The lowest BCUT2D eigenvalue weighted by Gasteiger charge is -2.20. The van der Waals surface area contributed by atoms with Gasteiger partial charge in [-0.05, 0) is 22.3 Å². The van der Waals surface area contributed by atoms with Gasteiger partial charge in [0.05, 0.1) is 50.8 Å². The first-order valence-corrected chi connectivity index (χ1v) is 10.7. The summed E-state index contributed by atoms with van der Waals surface area (Å²) >= 11 is 0. The van der Waals surface area contributed by atoms with Crippen molar-refractivity contribution in [2.45, 2.75) is 50.1 Å². The minimum atomic E-state index is 0.319. The van der Waals surface area contributed by atoms with Crippen molar-refractivity contribution in [1.29, 1.82) is 0 Å². The molecule has 152 valence electrons. The number of hydrogen-bond acceptors (Lipinski definition) is 5. The normalized spacial score (nSPS) is 28.8. The summed E-state index contributed by atoms with van der Waals surface area (Å²) in [7, 11) is 0. The highest BCUT2D eigenvalue weighted by molar-refractivity contribution is 5.50. The highest BCUT2D eigenvalue weighted by Crippen LogP contribution is 2.39. The summed E-state index contributed by atoms with van der Waals surface area (Å²) in [6, 6.07) is 12.9. The average molecular weight is 394 g/mol. The molecule has 4 saturated heterocycles. The van der Waals surface area contributed by atoms with Crippen LogP contribution in [-0.2, 0) is 44.6 Å². The van der Waals surface area contributed by atoms with Gasteiger partial charge in [-0.15, -0.1) is 0 Å². The number of epoxide rings is 4. The Hall–Kier alpha value is -1.92. The second kappa shape index (κ2) is 7.40. The minimum absolute atomic E-state index is 0.319. The fraction of sp³-hybridized carbons (Fsp3) is 0.500. The van der Waals surface area contributed by atoms with Crippen LogP contribution in [0.2, 0.25) is 0 Å². The molecule has 4 heterocycles. The maximum absolute atomic E-state index is 6.80. The Morgan fingerprint density at radius 2 is 0.828 bits per heavy atom. The van der Waals surface area contributed by atoms with E-state index in [-0.39, 0.29) is 0 Å². The molecule has 0 N–H and O–H groups in total. The highest BCUT2D eigenvalue weighted by Gasteiger charge is 2.31. The van der Waals surface area contributed by atoms with E-state index >= 15 is 0 Å². The average Bonchev–Trinajstić information content (AvgIpc) is 3.49. The summed E-state index contributed by atoms with van der Waals surface area (Å²) < 4.78 is 28.8. The second-order valence-corrected chi connectivity index (χ2v) is 8.55. The molecule has 5 heteroatoms. The number of rotatable bonds is 10. The topological polar surface area (TPSA) is 59.4 Å². The van der Waals surface area contributed by atoms with Gasteiger partial charge in [0.25, 0.3) is 0 Å². The molecular weight excluding hydrogens is 368 g/mol. The smallest absolute Gasteiger partial charge is 0.134 e. The molecule has 4 atom stereocenters. The predicted octanol–water partition coefficient (Wildman–Crippen LogP) is 3.24. The van der Waals surface area contributed by atoms with E-state index in [0.29, 0.717) is 24.4 Å². The van der Waals surface area contributed by atoms with Crippen LogP contribution in [0.4, 0.5) is 0 Å². The van der Waals surface area contributed by atoms with Gasteiger partial charge in [0.15, 0.2) is 0 Å². The van der Waals surface area contributed by atoms with Crippen LogP contribution in [0, 0.1) is 0 Å². The van der Waals surface area contributed by atoms with Crippen molar-refractivity contribution in [3.63, 3.8) is 0 Å². The molecule has 4 aliphatic rings. The zero-order valence-electron chi connectivity index (χ0n) is 16.5. The Kier molecular flexibility index (Phi) is 4.57. The lowest BCUT2D eigenvalue weighted by Crippen LogP contribution is -2.07. The molecule has 0 spiro atoms. The molecule has 0 saturated carbocycles. The highest BCUT2D eigenvalue weighted by atomic mass is 16.6. The SMILES string of the molecule is c1cc(CC2CO2)c(Oc2c(CC3CO3)cccc2CC2CO2)c(CC2CO2)c1. The van der Waals surface area contributed by atoms with Gasteiger partial charge >= 0.3 is 0 Å². The van der Waals surface area contributed by atoms with E-state index in [1.165, 1.54) is 22.3 Å². The Morgan fingerprint density at radius 1 is 0.552 bits per heavy atom. The van der Waals surface area contributed by atoms with Crippen LogP contribution < -0.4 is 4.74 Å². The molecule has 0 radical (unpaired) electrons. The fourth-order valence-electron chi connectivity index (χ4n) is 4.01. The molecule has 6 rings (SSSR count). The van der Waals surface area contributed by atoms with Gasteiger partial charge in [0.1, 0.15) is 11.5 Å². The third-order valence-corrected chi connectivity index (χ3v) is 5.96. The van der Waals surface area contributed by atoms with Crippen molar-refractivity contribution in [3.8, 4) is 11.5 Å². The van der Waals surface area contributed by atoms with Crippen molar-refractivity contribution in [1.82, 2.24) is 0 Å². The van der Waals surface area contributed by atoms with Crippen LogP contribution in [0.1, 0.15) is 22.3 Å². The lowest BCUT2D eigenvalue weighted by molar-refractivity contribution is 0.388. The van der Waals surface area contributed by atoms with E-state index in [4.69, 9.17) is 23.7 Å². The quantitative estimate of drug-likeness (QED) is 0.579. The number of benzene rings is 2. The number of para-hydroxylation sites is 2. The molecule has 2 aromatic rings. The molecule has 4 aliphatic heterocycles. The van der Waals surface area contributed by atoms with Crippen LogP contribution in [0.3, 0.4) is 0 Å². The van der Waals surface area contributed by atoms with Crippen molar-refractivity contribution in [3.05, 3.63) is 58.7 Å². The maximum Gasteiger partial charge on any atom is 0.134 e. The molecular formula is C24H26O5. The van der Waals surface area contributed by atoms with Crippen LogP contribution >= 0.6 is 0 Å². The van der Waals surface area contributed by atoms with E-state index in [0.717, 1.165) is 63.6 Å². The van der Waals surface area contributed by atoms with Gasteiger partial charge < -0.3 is 23.7 Å². The van der Waals surface area contributed by atoms with Crippen LogP contribution in [-0.4, -0.2) is 50.8 Å². The van der Waals surface area contributed by atoms with E-state index < -0.39 is 0 Å². The Bertz CT molecular complexity index is 756. The molecule has 0 aliphatic carbocycles. The van der Waals surface area contributed by atoms with E-state index in [2.05, 4.69) is 36.4 Å². The summed E-state index contributed by atoms with van der Waals surface area (Å²) in [5, 5.41) is 0. The lowest BCUT2D eigenvalue weighted by atomic mass is 9.99. The monoisotopic (exact) mass is 394 g/mol.